The second-order valence-electron chi connectivity index (χ2n) is 3.17. The molecule has 0 saturated carbocycles. The van der Waals surface area contributed by atoms with E-state index in [1.807, 2.05) is 24.6 Å². The summed E-state index contributed by atoms with van der Waals surface area (Å²) < 4.78 is 1.93. The molecule has 0 bridgehead atoms. The first-order chi connectivity index (χ1) is 8.33. The Morgan fingerprint density at radius 3 is 2.82 bits per heavy atom. The van der Waals surface area contributed by atoms with Gasteiger partial charge in [0.05, 0.1) is 5.25 Å². The Morgan fingerprint density at radius 1 is 1.41 bits per heavy atom. The molecule has 2 N–H and O–H groups in total. The van der Waals surface area contributed by atoms with Gasteiger partial charge in [0.1, 0.15) is 0 Å². The summed E-state index contributed by atoms with van der Waals surface area (Å²) >= 11 is 4.85. The van der Waals surface area contributed by atoms with Gasteiger partial charge in [-0.1, -0.05) is 40.9 Å². The summed E-state index contributed by atoms with van der Waals surface area (Å²) in [5, 5.41) is 8.39. The minimum atomic E-state index is 0.186. The summed E-state index contributed by atoms with van der Waals surface area (Å²) in [4.78, 5) is 4.11. The van der Waals surface area contributed by atoms with Gasteiger partial charge in [0.25, 0.3) is 0 Å². The molecule has 0 fully saturated rings. The summed E-state index contributed by atoms with van der Waals surface area (Å²) in [6, 6.07) is 3.96. The predicted molar refractivity (Wildman–Crippen MR) is 73.6 cm³/mol. The van der Waals surface area contributed by atoms with E-state index in [-0.39, 0.29) is 5.25 Å². The fraction of sp³-hybridized carbons (Fsp3) is 0.300. The number of hydrogen-bond donors (Lipinski definition) is 1. The van der Waals surface area contributed by atoms with E-state index >= 15 is 0 Å². The first kappa shape index (κ1) is 12.8. The molecule has 4 nitrogen and oxygen atoms in total. The van der Waals surface area contributed by atoms with E-state index in [1.165, 1.54) is 0 Å². The molecule has 7 heteroatoms. The van der Waals surface area contributed by atoms with Crippen LogP contribution < -0.4 is 5.73 Å². The average molecular weight is 284 g/mol. The van der Waals surface area contributed by atoms with Gasteiger partial charge in [-0.2, -0.15) is 0 Å². The molecule has 0 aliphatic rings. The molecule has 0 amide bonds. The van der Waals surface area contributed by atoms with Crippen LogP contribution in [-0.4, -0.2) is 28.0 Å². The molecule has 90 valence electrons. The lowest BCUT2D eigenvalue weighted by Crippen LogP contribution is -2.09. The van der Waals surface area contributed by atoms with Crippen molar-refractivity contribution in [3.05, 3.63) is 30.1 Å². The molecule has 0 saturated heterocycles. The number of hydrogen-bond acceptors (Lipinski definition) is 7. The van der Waals surface area contributed by atoms with Gasteiger partial charge in [-0.3, -0.25) is 4.98 Å². The van der Waals surface area contributed by atoms with E-state index < -0.39 is 0 Å². The molecule has 0 aliphatic carbocycles. The van der Waals surface area contributed by atoms with Gasteiger partial charge in [0.15, 0.2) is 8.68 Å². The van der Waals surface area contributed by atoms with Crippen molar-refractivity contribution >= 4 is 34.9 Å². The van der Waals surface area contributed by atoms with Gasteiger partial charge in [0, 0.05) is 18.9 Å². The predicted octanol–water partition coefficient (Wildman–Crippen LogP) is 2.45. The van der Waals surface area contributed by atoms with E-state index in [0.717, 1.165) is 14.2 Å². The number of pyridine rings is 1. The quantitative estimate of drug-likeness (QED) is 0.851. The number of rotatable bonds is 5. The Labute approximate surface area is 112 Å². The second-order valence-corrected chi connectivity index (χ2v) is 6.65. The first-order valence-corrected chi connectivity index (χ1v) is 7.89. The zero-order valence-electron chi connectivity index (χ0n) is 9.24. The number of thioether (sulfide) groups is 2. The normalized spacial score (nSPS) is 12.6. The largest absolute Gasteiger partial charge is 0.329 e. The summed E-state index contributed by atoms with van der Waals surface area (Å²) in [7, 11) is 0. The standard InChI is InChI=1S/C10H12N4S3/c1-15-9-13-14-10(17-9)16-8(5-11)7-3-2-4-12-6-7/h2-4,6,8H,5,11H2,1H3. The summed E-state index contributed by atoms with van der Waals surface area (Å²) in [6.07, 6.45) is 5.61. The number of nitrogens with zero attached hydrogens (tertiary/aromatic N) is 3. The fourth-order valence-electron chi connectivity index (χ4n) is 1.27. The Morgan fingerprint density at radius 2 is 2.24 bits per heavy atom. The molecule has 0 aromatic carbocycles. The Balaban J connectivity index is 2.10. The van der Waals surface area contributed by atoms with Crippen LogP contribution in [0.2, 0.25) is 0 Å². The minimum Gasteiger partial charge on any atom is -0.329 e. The summed E-state index contributed by atoms with van der Waals surface area (Å²) in [5.41, 5.74) is 6.92. The van der Waals surface area contributed by atoms with Gasteiger partial charge < -0.3 is 5.73 Å². The van der Waals surface area contributed by atoms with Crippen LogP contribution in [0, 0.1) is 0 Å². The highest BCUT2D eigenvalue weighted by Crippen LogP contribution is 2.37. The SMILES string of the molecule is CSc1nnc(SC(CN)c2cccnc2)s1. The topological polar surface area (TPSA) is 64.7 Å². The smallest absolute Gasteiger partial charge is 0.175 e. The molecule has 17 heavy (non-hydrogen) atoms. The van der Waals surface area contributed by atoms with Crippen LogP contribution >= 0.6 is 34.9 Å². The zero-order chi connectivity index (χ0) is 12.1. The zero-order valence-corrected chi connectivity index (χ0v) is 11.7. The number of nitrogens with two attached hydrogens (primary N) is 1. The lowest BCUT2D eigenvalue weighted by molar-refractivity contribution is 0.915. The lowest BCUT2D eigenvalue weighted by atomic mass is 10.2. The van der Waals surface area contributed by atoms with Crippen molar-refractivity contribution in [1.82, 2.24) is 15.2 Å². The van der Waals surface area contributed by atoms with Gasteiger partial charge in [-0.05, 0) is 17.9 Å². The van der Waals surface area contributed by atoms with E-state index in [2.05, 4.69) is 15.2 Å². The van der Waals surface area contributed by atoms with Crippen molar-refractivity contribution in [3.8, 4) is 0 Å². The van der Waals surface area contributed by atoms with Crippen LogP contribution in [0.4, 0.5) is 0 Å². The first-order valence-electron chi connectivity index (χ1n) is 4.97. The van der Waals surface area contributed by atoms with Crippen LogP contribution in [0.15, 0.2) is 33.2 Å². The van der Waals surface area contributed by atoms with Gasteiger partial charge in [-0.25, -0.2) is 0 Å². The molecule has 0 radical (unpaired) electrons. The highest BCUT2D eigenvalue weighted by molar-refractivity contribution is 8.03. The Kier molecular flexibility index (Phi) is 4.78. The molecule has 2 rings (SSSR count). The molecular weight excluding hydrogens is 272 g/mol. The van der Waals surface area contributed by atoms with Crippen molar-refractivity contribution < 1.29 is 0 Å². The third kappa shape index (κ3) is 3.41. The highest BCUT2D eigenvalue weighted by atomic mass is 32.2. The van der Waals surface area contributed by atoms with E-state index in [0.29, 0.717) is 6.54 Å². The molecule has 0 spiro atoms. The van der Waals surface area contributed by atoms with Crippen LogP contribution in [0.3, 0.4) is 0 Å². The average Bonchev–Trinajstić information content (AvgIpc) is 2.84. The fourth-order valence-corrected chi connectivity index (χ4v) is 3.91. The van der Waals surface area contributed by atoms with Crippen molar-refractivity contribution in [2.45, 2.75) is 13.9 Å². The van der Waals surface area contributed by atoms with Crippen LogP contribution in [0.5, 0.6) is 0 Å². The molecule has 1 atom stereocenters. The molecule has 2 heterocycles. The lowest BCUT2D eigenvalue weighted by Gasteiger charge is -2.11. The van der Waals surface area contributed by atoms with Gasteiger partial charge in [0.2, 0.25) is 0 Å². The summed E-state index contributed by atoms with van der Waals surface area (Å²) in [5.74, 6) is 0. The Hall–Kier alpha value is -0.630. The van der Waals surface area contributed by atoms with Crippen molar-refractivity contribution in [3.63, 3.8) is 0 Å². The maximum Gasteiger partial charge on any atom is 0.175 e. The van der Waals surface area contributed by atoms with Gasteiger partial charge >= 0.3 is 0 Å². The molecule has 2 aromatic heterocycles. The van der Waals surface area contributed by atoms with E-state index in [1.54, 1.807) is 41.1 Å². The molecular formula is C10H12N4S3. The van der Waals surface area contributed by atoms with Crippen molar-refractivity contribution in [1.29, 1.82) is 0 Å². The van der Waals surface area contributed by atoms with Crippen LogP contribution in [0.1, 0.15) is 10.8 Å². The third-order valence-electron chi connectivity index (χ3n) is 2.08. The van der Waals surface area contributed by atoms with E-state index in [4.69, 9.17) is 5.73 Å². The molecule has 2 aromatic rings. The molecule has 0 aliphatic heterocycles. The van der Waals surface area contributed by atoms with E-state index in [9.17, 15) is 0 Å². The maximum atomic E-state index is 5.79. The highest BCUT2D eigenvalue weighted by Gasteiger charge is 2.14. The number of aromatic nitrogens is 3. The minimum absolute atomic E-state index is 0.186. The third-order valence-corrected chi connectivity index (χ3v) is 5.34. The van der Waals surface area contributed by atoms with Crippen molar-refractivity contribution in [2.75, 3.05) is 12.8 Å². The maximum absolute atomic E-state index is 5.79. The molecule has 1 unspecified atom stereocenters. The van der Waals surface area contributed by atoms with Crippen LogP contribution in [-0.2, 0) is 0 Å². The Bertz CT molecular complexity index is 460. The monoisotopic (exact) mass is 284 g/mol. The van der Waals surface area contributed by atoms with Gasteiger partial charge in [-0.15, -0.1) is 10.2 Å². The summed E-state index contributed by atoms with van der Waals surface area (Å²) in [6.45, 7) is 0.560. The van der Waals surface area contributed by atoms with Crippen LogP contribution in [0.25, 0.3) is 0 Å². The second kappa shape index (κ2) is 6.34. The van der Waals surface area contributed by atoms with Crippen molar-refractivity contribution in [2.24, 2.45) is 5.73 Å².